The molecule has 2 aromatic rings. The zero-order valence-electron chi connectivity index (χ0n) is 16.0. The molecule has 1 aromatic carbocycles. The molecule has 0 amide bonds. The van der Waals surface area contributed by atoms with Crippen LogP contribution in [0.1, 0.15) is 46.6 Å². The van der Waals surface area contributed by atoms with Crippen LogP contribution in [0, 0.1) is 0 Å². The van der Waals surface area contributed by atoms with E-state index in [1.165, 1.54) is 0 Å². The van der Waals surface area contributed by atoms with E-state index in [1.54, 1.807) is 16.3 Å². The lowest BCUT2D eigenvalue weighted by Crippen LogP contribution is -2.41. The van der Waals surface area contributed by atoms with Gasteiger partial charge in [0.05, 0.1) is 11.2 Å². The van der Waals surface area contributed by atoms with Crippen LogP contribution in [-0.2, 0) is 21.6 Å². The number of aromatic nitrogens is 3. The van der Waals surface area contributed by atoms with Crippen LogP contribution < -0.4 is 11.2 Å². The van der Waals surface area contributed by atoms with Gasteiger partial charge in [0.2, 0.25) is 0 Å². The molecule has 1 aliphatic rings. The van der Waals surface area contributed by atoms with E-state index in [9.17, 15) is 4.79 Å². The molecule has 8 heteroatoms. The van der Waals surface area contributed by atoms with Gasteiger partial charge in [-0.1, -0.05) is 43.0 Å². The van der Waals surface area contributed by atoms with Crippen LogP contribution in [0.15, 0.2) is 34.2 Å². The first-order chi connectivity index (χ1) is 12.2. The Bertz CT molecular complexity index is 815. The Morgan fingerprint density at radius 3 is 2.58 bits per heavy atom. The van der Waals surface area contributed by atoms with Gasteiger partial charge in [-0.3, -0.25) is 4.57 Å². The smallest absolute Gasteiger partial charge is 0.399 e. The van der Waals surface area contributed by atoms with Crippen LogP contribution in [0.25, 0.3) is 0 Å². The molecule has 2 heterocycles. The van der Waals surface area contributed by atoms with Crippen molar-refractivity contribution in [1.29, 1.82) is 0 Å². The maximum Gasteiger partial charge on any atom is 0.494 e. The summed E-state index contributed by atoms with van der Waals surface area (Å²) in [4.78, 5) is 11.8. The minimum Gasteiger partial charge on any atom is -0.399 e. The molecule has 0 aliphatic carbocycles. The van der Waals surface area contributed by atoms with Crippen molar-refractivity contribution in [3.05, 3.63) is 40.3 Å². The lowest BCUT2D eigenvalue weighted by Gasteiger charge is -2.32. The second-order valence-corrected chi connectivity index (χ2v) is 8.53. The summed E-state index contributed by atoms with van der Waals surface area (Å²) in [7, 11) is -0.367. The van der Waals surface area contributed by atoms with Crippen LogP contribution >= 0.6 is 11.8 Å². The Morgan fingerprint density at radius 1 is 1.23 bits per heavy atom. The highest BCUT2D eigenvalue weighted by atomic mass is 32.2. The van der Waals surface area contributed by atoms with Crippen molar-refractivity contribution >= 4 is 24.3 Å². The lowest BCUT2D eigenvalue weighted by atomic mass is 9.78. The fourth-order valence-corrected chi connectivity index (χ4v) is 3.71. The minimum atomic E-state index is -0.367. The third-order valence-electron chi connectivity index (χ3n) is 5.01. The van der Waals surface area contributed by atoms with E-state index in [2.05, 4.69) is 50.0 Å². The first kappa shape index (κ1) is 19.3. The van der Waals surface area contributed by atoms with Gasteiger partial charge in [0.1, 0.15) is 0 Å². The molecule has 0 saturated carbocycles. The Balaban J connectivity index is 1.72. The van der Waals surface area contributed by atoms with Crippen LogP contribution in [-0.4, -0.2) is 33.1 Å². The van der Waals surface area contributed by atoms with Crippen molar-refractivity contribution in [2.45, 2.75) is 69.7 Å². The third-order valence-corrected chi connectivity index (χ3v) is 6.06. The number of hydrogen-bond donors (Lipinski definition) is 1. The van der Waals surface area contributed by atoms with E-state index >= 15 is 0 Å². The molecular weight excluding hydrogens is 349 g/mol. The maximum absolute atomic E-state index is 11.8. The number of aromatic amines is 1. The Hall–Kier alpha value is -1.51. The topological polar surface area (TPSA) is 69.1 Å². The second-order valence-electron chi connectivity index (χ2n) is 7.58. The molecule has 6 nitrogen and oxygen atoms in total. The fourth-order valence-electron chi connectivity index (χ4n) is 2.79. The van der Waals surface area contributed by atoms with Crippen molar-refractivity contribution in [2.24, 2.45) is 0 Å². The lowest BCUT2D eigenvalue weighted by molar-refractivity contribution is 0.00578. The van der Waals surface area contributed by atoms with E-state index in [4.69, 9.17) is 9.31 Å². The summed E-state index contributed by atoms with van der Waals surface area (Å²) in [6.45, 7) is 10.9. The summed E-state index contributed by atoms with van der Waals surface area (Å²) < 4.78 is 13.9. The van der Waals surface area contributed by atoms with Gasteiger partial charge in [-0.25, -0.2) is 9.89 Å². The van der Waals surface area contributed by atoms with E-state index in [0.717, 1.165) is 28.4 Å². The maximum atomic E-state index is 11.8. The number of rotatable bonds is 6. The average Bonchev–Trinajstić information content (AvgIpc) is 3.03. The van der Waals surface area contributed by atoms with Crippen molar-refractivity contribution in [1.82, 2.24) is 14.8 Å². The van der Waals surface area contributed by atoms with Crippen LogP contribution in [0.5, 0.6) is 0 Å². The van der Waals surface area contributed by atoms with Crippen LogP contribution in [0.4, 0.5) is 0 Å². The van der Waals surface area contributed by atoms with Crippen molar-refractivity contribution in [3.8, 4) is 0 Å². The standard InChI is InChI=1S/C18H26BN3O3S/c1-6-10-22-15(23)20-21-16(22)26-12-13-8-7-9-14(11-13)19-24-17(2,3)18(4,5)25-19/h7-9,11H,6,10,12H2,1-5H3,(H,20,23). The van der Waals surface area contributed by atoms with Gasteiger partial charge in [-0.2, -0.15) is 0 Å². The Morgan fingerprint density at radius 2 is 1.92 bits per heavy atom. The number of hydrogen-bond acceptors (Lipinski definition) is 5. The molecular formula is C18H26BN3O3S. The fraction of sp³-hybridized carbons (Fsp3) is 0.556. The van der Waals surface area contributed by atoms with Gasteiger partial charge in [-0.05, 0) is 45.1 Å². The molecule has 0 atom stereocenters. The zero-order chi connectivity index (χ0) is 18.9. The summed E-state index contributed by atoms with van der Waals surface area (Å²) in [6, 6.07) is 8.21. The number of thioether (sulfide) groups is 1. The highest BCUT2D eigenvalue weighted by Crippen LogP contribution is 2.36. The Kier molecular flexibility index (Phi) is 5.37. The zero-order valence-corrected chi connectivity index (χ0v) is 16.9. The minimum absolute atomic E-state index is 0.152. The predicted octanol–water partition coefficient (Wildman–Crippen LogP) is 2.57. The van der Waals surface area contributed by atoms with Gasteiger partial charge in [0.15, 0.2) is 5.16 Å². The predicted molar refractivity (Wildman–Crippen MR) is 105 cm³/mol. The first-order valence-electron chi connectivity index (χ1n) is 8.96. The van der Waals surface area contributed by atoms with E-state index in [1.807, 2.05) is 19.1 Å². The molecule has 0 unspecified atom stereocenters. The largest absolute Gasteiger partial charge is 0.494 e. The molecule has 3 rings (SSSR count). The molecule has 1 fully saturated rings. The van der Waals surface area contributed by atoms with Gasteiger partial charge < -0.3 is 9.31 Å². The summed E-state index contributed by atoms with van der Waals surface area (Å²) in [5.74, 6) is 0.724. The van der Waals surface area contributed by atoms with E-state index in [0.29, 0.717) is 6.54 Å². The van der Waals surface area contributed by atoms with E-state index in [-0.39, 0.29) is 24.0 Å². The molecule has 1 N–H and O–H groups in total. The molecule has 26 heavy (non-hydrogen) atoms. The summed E-state index contributed by atoms with van der Waals surface area (Å²) in [6.07, 6.45) is 0.893. The summed E-state index contributed by atoms with van der Waals surface area (Å²) >= 11 is 1.55. The normalized spacial score (nSPS) is 18.4. The number of nitrogens with zero attached hydrogens (tertiary/aromatic N) is 2. The van der Waals surface area contributed by atoms with Gasteiger partial charge in [0.25, 0.3) is 0 Å². The summed E-state index contributed by atoms with van der Waals surface area (Å²) in [5.41, 5.74) is 1.29. The van der Waals surface area contributed by atoms with Gasteiger partial charge in [0, 0.05) is 12.3 Å². The molecule has 140 valence electrons. The van der Waals surface area contributed by atoms with Gasteiger partial charge >= 0.3 is 12.8 Å². The van der Waals surface area contributed by atoms with Crippen molar-refractivity contribution in [3.63, 3.8) is 0 Å². The summed E-state index contributed by atoms with van der Waals surface area (Å²) in [5, 5.41) is 7.38. The first-order valence-corrected chi connectivity index (χ1v) is 9.94. The van der Waals surface area contributed by atoms with Gasteiger partial charge in [-0.15, -0.1) is 5.10 Å². The molecule has 1 aliphatic heterocycles. The van der Waals surface area contributed by atoms with E-state index < -0.39 is 0 Å². The molecule has 0 bridgehead atoms. The Labute approximate surface area is 158 Å². The molecule has 0 spiro atoms. The third kappa shape index (κ3) is 3.77. The number of H-pyrrole nitrogens is 1. The highest BCUT2D eigenvalue weighted by molar-refractivity contribution is 7.98. The quantitative estimate of drug-likeness (QED) is 0.621. The van der Waals surface area contributed by atoms with Crippen molar-refractivity contribution < 1.29 is 9.31 Å². The number of nitrogens with one attached hydrogen (secondary N) is 1. The second kappa shape index (κ2) is 7.25. The highest BCUT2D eigenvalue weighted by Gasteiger charge is 2.51. The van der Waals surface area contributed by atoms with Crippen LogP contribution in [0.2, 0.25) is 0 Å². The molecule has 0 radical (unpaired) electrons. The monoisotopic (exact) mass is 375 g/mol. The SMILES string of the molecule is CCCn1c(SCc2cccc(B3OC(C)(C)C(C)(C)O3)c2)n[nH]c1=O. The average molecular weight is 375 g/mol. The molecule has 1 aromatic heterocycles. The molecule has 1 saturated heterocycles. The van der Waals surface area contributed by atoms with Crippen LogP contribution in [0.3, 0.4) is 0 Å². The number of benzene rings is 1. The van der Waals surface area contributed by atoms with Crippen molar-refractivity contribution in [2.75, 3.05) is 0 Å².